The number of methoxy groups -OCH3 is 1. The van der Waals surface area contributed by atoms with Crippen molar-refractivity contribution in [3.05, 3.63) is 29.8 Å². The molecule has 1 aliphatic heterocycles. The highest BCUT2D eigenvalue weighted by molar-refractivity contribution is 5.76. The number of ether oxygens (including phenoxy) is 3. The highest BCUT2D eigenvalue weighted by Crippen LogP contribution is 2.18. The van der Waals surface area contributed by atoms with Crippen LogP contribution in [-0.2, 0) is 25.5 Å². The molecule has 0 spiro atoms. The van der Waals surface area contributed by atoms with E-state index in [1.54, 1.807) is 24.3 Å². The van der Waals surface area contributed by atoms with Gasteiger partial charge in [-0.1, -0.05) is 12.1 Å². The lowest BCUT2D eigenvalue weighted by Gasteiger charge is -2.10. The number of benzene rings is 1. The van der Waals surface area contributed by atoms with Crippen LogP contribution in [0, 0.1) is 0 Å². The first-order valence-electron chi connectivity index (χ1n) is 5.68. The van der Waals surface area contributed by atoms with E-state index in [4.69, 9.17) is 9.47 Å². The zero-order valence-corrected chi connectivity index (χ0v) is 10.0. The maximum Gasteiger partial charge on any atom is 0.347 e. The summed E-state index contributed by atoms with van der Waals surface area (Å²) in [5.41, 5.74) is 0.836. The Balaban J connectivity index is 1.95. The average molecular weight is 250 g/mol. The van der Waals surface area contributed by atoms with Crippen LogP contribution >= 0.6 is 0 Å². The van der Waals surface area contributed by atoms with Gasteiger partial charge < -0.3 is 14.2 Å². The Morgan fingerprint density at radius 2 is 2.11 bits per heavy atom. The topological polar surface area (TPSA) is 61.8 Å². The first-order chi connectivity index (χ1) is 8.69. The van der Waals surface area contributed by atoms with Crippen LogP contribution in [0.1, 0.15) is 12.0 Å². The number of carbonyl (C=O) groups excluding carboxylic acids is 2. The number of rotatable bonds is 4. The van der Waals surface area contributed by atoms with E-state index in [9.17, 15) is 9.59 Å². The Morgan fingerprint density at radius 1 is 1.39 bits per heavy atom. The van der Waals surface area contributed by atoms with Gasteiger partial charge >= 0.3 is 11.9 Å². The minimum Gasteiger partial charge on any atom is -0.479 e. The first-order valence-corrected chi connectivity index (χ1v) is 5.68. The van der Waals surface area contributed by atoms with E-state index in [1.807, 2.05) is 0 Å². The summed E-state index contributed by atoms with van der Waals surface area (Å²) < 4.78 is 14.9. The van der Waals surface area contributed by atoms with Gasteiger partial charge in [0, 0.05) is 6.42 Å². The predicted molar refractivity (Wildman–Crippen MR) is 62.2 cm³/mol. The van der Waals surface area contributed by atoms with Crippen molar-refractivity contribution in [2.45, 2.75) is 18.9 Å². The molecule has 0 N–H and O–H groups in total. The summed E-state index contributed by atoms with van der Waals surface area (Å²) in [4.78, 5) is 22.3. The van der Waals surface area contributed by atoms with Gasteiger partial charge in [0.1, 0.15) is 5.75 Å². The Kier molecular flexibility index (Phi) is 3.82. The molecule has 1 heterocycles. The lowest BCUT2D eigenvalue weighted by Crippen LogP contribution is -2.21. The maximum absolute atomic E-state index is 11.2. The van der Waals surface area contributed by atoms with Gasteiger partial charge in [-0.25, -0.2) is 4.79 Å². The van der Waals surface area contributed by atoms with Crippen LogP contribution in [0.5, 0.6) is 5.75 Å². The van der Waals surface area contributed by atoms with Crippen LogP contribution in [0.15, 0.2) is 24.3 Å². The van der Waals surface area contributed by atoms with Crippen molar-refractivity contribution >= 4 is 11.9 Å². The van der Waals surface area contributed by atoms with Crippen molar-refractivity contribution in [1.29, 1.82) is 0 Å². The SMILES string of the molecule is COC(=O)Cc1ccc(OC2CCOC2=O)cc1. The van der Waals surface area contributed by atoms with Crippen molar-refractivity contribution < 1.29 is 23.8 Å². The first kappa shape index (κ1) is 12.4. The molecule has 0 aromatic heterocycles. The number of carbonyl (C=O) groups is 2. The maximum atomic E-state index is 11.2. The molecule has 1 aromatic carbocycles. The average Bonchev–Trinajstić information content (AvgIpc) is 2.77. The quantitative estimate of drug-likeness (QED) is 0.749. The smallest absolute Gasteiger partial charge is 0.347 e. The fourth-order valence-electron chi connectivity index (χ4n) is 1.67. The summed E-state index contributed by atoms with van der Waals surface area (Å²) in [5.74, 6) is -0.0239. The Morgan fingerprint density at radius 3 is 2.67 bits per heavy atom. The molecule has 1 aromatic rings. The van der Waals surface area contributed by atoms with Crippen molar-refractivity contribution in [3.63, 3.8) is 0 Å². The molecule has 0 radical (unpaired) electrons. The van der Waals surface area contributed by atoms with Gasteiger partial charge in [0.05, 0.1) is 20.1 Å². The Hall–Kier alpha value is -2.04. The van der Waals surface area contributed by atoms with E-state index in [2.05, 4.69) is 4.74 Å². The molecule has 5 heteroatoms. The normalized spacial score (nSPS) is 18.3. The van der Waals surface area contributed by atoms with Crippen LogP contribution in [0.4, 0.5) is 0 Å². The molecule has 0 saturated carbocycles. The molecule has 5 nitrogen and oxygen atoms in total. The van der Waals surface area contributed by atoms with Crippen LogP contribution in [0.2, 0.25) is 0 Å². The molecular formula is C13H14O5. The van der Waals surface area contributed by atoms with Crippen molar-refractivity contribution in [1.82, 2.24) is 0 Å². The van der Waals surface area contributed by atoms with E-state index in [1.165, 1.54) is 7.11 Å². The summed E-state index contributed by atoms with van der Waals surface area (Å²) in [5, 5.41) is 0. The summed E-state index contributed by atoms with van der Waals surface area (Å²) in [6.45, 7) is 0.407. The molecule has 1 atom stereocenters. The second-order valence-electron chi connectivity index (χ2n) is 3.96. The zero-order chi connectivity index (χ0) is 13.0. The number of hydrogen-bond donors (Lipinski definition) is 0. The lowest BCUT2D eigenvalue weighted by atomic mass is 10.1. The van der Waals surface area contributed by atoms with Gasteiger partial charge in [-0.05, 0) is 17.7 Å². The predicted octanol–water partition coefficient (Wildman–Crippen LogP) is 1.10. The Bertz CT molecular complexity index is 437. The van der Waals surface area contributed by atoms with Crippen molar-refractivity contribution in [2.24, 2.45) is 0 Å². The lowest BCUT2D eigenvalue weighted by molar-refractivity contribution is -0.143. The molecule has 1 unspecified atom stereocenters. The zero-order valence-electron chi connectivity index (χ0n) is 10.0. The van der Waals surface area contributed by atoms with E-state index in [0.717, 1.165) is 5.56 Å². The van der Waals surface area contributed by atoms with E-state index in [0.29, 0.717) is 18.8 Å². The van der Waals surface area contributed by atoms with Gasteiger partial charge in [-0.15, -0.1) is 0 Å². The fraction of sp³-hybridized carbons (Fsp3) is 0.385. The third-order valence-electron chi connectivity index (χ3n) is 2.67. The van der Waals surface area contributed by atoms with Crippen LogP contribution in [-0.4, -0.2) is 31.8 Å². The van der Waals surface area contributed by atoms with Gasteiger partial charge in [-0.2, -0.15) is 0 Å². The standard InChI is InChI=1S/C13H14O5/c1-16-12(14)8-9-2-4-10(5-3-9)18-11-6-7-17-13(11)15/h2-5,11H,6-8H2,1H3. The number of hydrogen-bond acceptors (Lipinski definition) is 5. The van der Waals surface area contributed by atoms with Crippen molar-refractivity contribution in [2.75, 3.05) is 13.7 Å². The van der Waals surface area contributed by atoms with Crippen LogP contribution < -0.4 is 4.74 Å². The molecule has 1 saturated heterocycles. The molecule has 1 fully saturated rings. The second kappa shape index (κ2) is 5.53. The summed E-state index contributed by atoms with van der Waals surface area (Å²) >= 11 is 0. The number of esters is 2. The van der Waals surface area contributed by atoms with E-state index < -0.39 is 6.10 Å². The van der Waals surface area contributed by atoms with Gasteiger partial charge in [0.2, 0.25) is 0 Å². The fourth-order valence-corrected chi connectivity index (χ4v) is 1.67. The highest BCUT2D eigenvalue weighted by Gasteiger charge is 2.28. The monoisotopic (exact) mass is 250 g/mol. The molecule has 2 rings (SSSR count). The van der Waals surface area contributed by atoms with Gasteiger partial charge in [0.25, 0.3) is 0 Å². The molecule has 96 valence electrons. The third kappa shape index (κ3) is 3.00. The minimum atomic E-state index is -0.517. The van der Waals surface area contributed by atoms with Crippen LogP contribution in [0.25, 0.3) is 0 Å². The van der Waals surface area contributed by atoms with Crippen LogP contribution in [0.3, 0.4) is 0 Å². The molecule has 0 bridgehead atoms. The molecule has 0 aliphatic carbocycles. The molecule has 0 amide bonds. The molecule has 1 aliphatic rings. The van der Waals surface area contributed by atoms with Crippen molar-refractivity contribution in [3.8, 4) is 5.75 Å². The summed E-state index contributed by atoms with van der Waals surface area (Å²) in [7, 11) is 1.35. The summed E-state index contributed by atoms with van der Waals surface area (Å²) in [6, 6.07) is 6.99. The van der Waals surface area contributed by atoms with E-state index in [-0.39, 0.29) is 18.4 Å². The highest BCUT2D eigenvalue weighted by atomic mass is 16.6. The molecular weight excluding hydrogens is 236 g/mol. The van der Waals surface area contributed by atoms with Gasteiger partial charge in [-0.3, -0.25) is 4.79 Å². The second-order valence-corrected chi connectivity index (χ2v) is 3.96. The summed E-state index contributed by atoms with van der Waals surface area (Å²) in [6.07, 6.45) is 0.279. The van der Waals surface area contributed by atoms with Gasteiger partial charge in [0.15, 0.2) is 6.10 Å². The third-order valence-corrected chi connectivity index (χ3v) is 2.67. The van der Waals surface area contributed by atoms with E-state index >= 15 is 0 Å². The largest absolute Gasteiger partial charge is 0.479 e. The minimum absolute atomic E-state index is 0.224. The Labute approximate surface area is 105 Å². The molecule has 18 heavy (non-hydrogen) atoms. The number of cyclic esters (lactones) is 1.